The molecule has 0 aliphatic carbocycles. The van der Waals surface area contributed by atoms with Crippen LogP contribution in [-0.2, 0) is 11.8 Å². The van der Waals surface area contributed by atoms with E-state index >= 15 is 0 Å². The van der Waals surface area contributed by atoms with Crippen LogP contribution < -0.4 is 10.6 Å². The Labute approximate surface area is 179 Å². The highest BCUT2D eigenvalue weighted by Crippen LogP contribution is 2.31. The van der Waals surface area contributed by atoms with E-state index in [1.807, 2.05) is 39.5 Å². The summed E-state index contributed by atoms with van der Waals surface area (Å²) in [5.74, 6) is 0.484. The molecule has 1 saturated heterocycles. The quantitative estimate of drug-likeness (QED) is 0.630. The molecule has 0 N–H and O–H groups in total. The van der Waals surface area contributed by atoms with Crippen LogP contribution in [-0.4, -0.2) is 56.3 Å². The molecule has 158 valence electrons. The average Bonchev–Trinajstić information content (AvgIpc) is 2.60. The van der Waals surface area contributed by atoms with Crippen LogP contribution in [0, 0.1) is 0 Å². The molecule has 0 bridgehead atoms. The van der Waals surface area contributed by atoms with Crippen LogP contribution in [0.3, 0.4) is 0 Å². The van der Waals surface area contributed by atoms with E-state index < -0.39 is 11.3 Å². The van der Waals surface area contributed by atoms with Gasteiger partial charge in [-0.05, 0) is 40.7 Å². The van der Waals surface area contributed by atoms with E-state index in [9.17, 15) is 9.59 Å². The number of aryl methyl sites for hydroxylation is 1. The molecule has 1 aliphatic rings. The molecule has 2 atom stereocenters. The van der Waals surface area contributed by atoms with Crippen LogP contribution in [0.4, 0.5) is 10.6 Å². The van der Waals surface area contributed by atoms with Crippen molar-refractivity contribution < 1.29 is 9.53 Å². The molecule has 1 aliphatic heterocycles. The Morgan fingerprint density at radius 3 is 2.45 bits per heavy atom. The second kappa shape index (κ2) is 7.65. The lowest BCUT2D eigenvalue weighted by atomic mass is 10.1. The first-order chi connectivity index (χ1) is 13.4. The number of ether oxygens (including phenoxy) is 1. The first-order valence-corrected chi connectivity index (χ1v) is 10.1. The van der Waals surface area contributed by atoms with Crippen LogP contribution in [0.2, 0.25) is 10.2 Å². The summed E-state index contributed by atoms with van der Waals surface area (Å²) in [5.41, 5.74) is -0.598. The van der Waals surface area contributed by atoms with Crippen molar-refractivity contribution >= 4 is 46.1 Å². The Hall–Kier alpha value is -2.06. The van der Waals surface area contributed by atoms with Crippen molar-refractivity contribution in [2.75, 3.05) is 18.0 Å². The summed E-state index contributed by atoms with van der Waals surface area (Å²) in [5, 5.41) is 1.04. The third-order valence-corrected chi connectivity index (χ3v) is 5.52. The Bertz CT molecular complexity index is 1020. The van der Waals surface area contributed by atoms with Crippen LogP contribution in [0.5, 0.6) is 0 Å². The maximum Gasteiger partial charge on any atom is 0.410 e. The Morgan fingerprint density at radius 2 is 1.83 bits per heavy atom. The fourth-order valence-corrected chi connectivity index (χ4v) is 3.70. The fraction of sp³-hybridized carbons (Fsp3) is 0.579. The third kappa shape index (κ3) is 4.28. The zero-order chi connectivity index (χ0) is 21.7. The molecule has 3 rings (SSSR count). The maximum absolute atomic E-state index is 12.6. The van der Waals surface area contributed by atoms with Crippen molar-refractivity contribution in [2.24, 2.45) is 7.05 Å². The molecule has 0 aromatic carbocycles. The van der Waals surface area contributed by atoms with E-state index in [4.69, 9.17) is 27.9 Å². The molecule has 10 heteroatoms. The largest absolute Gasteiger partial charge is 0.444 e. The molecule has 0 unspecified atom stereocenters. The van der Waals surface area contributed by atoms with E-state index in [1.54, 1.807) is 18.0 Å². The van der Waals surface area contributed by atoms with Gasteiger partial charge in [-0.25, -0.2) is 14.6 Å². The van der Waals surface area contributed by atoms with Crippen molar-refractivity contribution in [3.8, 4) is 0 Å². The number of amides is 1. The summed E-state index contributed by atoms with van der Waals surface area (Å²) in [6.07, 6.45) is -0.352. The molecule has 8 nitrogen and oxygen atoms in total. The van der Waals surface area contributed by atoms with Gasteiger partial charge in [0.15, 0.2) is 0 Å². The molecule has 0 spiro atoms. The second-order valence-electron chi connectivity index (χ2n) is 8.39. The highest BCUT2D eigenvalue weighted by Gasteiger charge is 2.36. The number of pyridine rings is 1. The topological polar surface area (TPSA) is 80.6 Å². The van der Waals surface area contributed by atoms with Gasteiger partial charge in [-0.15, -0.1) is 0 Å². The van der Waals surface area contributed by atoms with Gasteiger partial charge in [-0.2, -0.15) is 4.98 Å². The molecular weight excluding hydrogens is 417 g/mol. The van der Waals surface area contributed by atoms with E-state index in [1.165, 1.54) is 4.57 Å². The molecule has 1 fully saturated rings. The van der Waals surface area contributed by atoms with Crippen LogP contribution in [0.1, 0.15) is 34.6 Å². The van der Waals surface area contributed by atoms with Gasteiger partial charge < -0.3 is 14.5 Å². The van der Waals surface area contributed by atoms with Gasteiger partial charge in [-0.1, -0.05) is 23.2 Å². The number of halogens is 2. The van der Waals surface area contributed by atoms with Crippen LogP contribution in [0.25, 0.3) is 11.0 Å². The maximum atomic E-state index is 12.6. The molecule has 0 radical (unpaired) electrons. The van der Waals surface area contributed by atoms with Gasteiger partial charge in [-0.3, -0.25) is 4.57 Å². The molecule has 2 aromatic heterocycles. The minimum absolute atomic E-state index is 0.101. The van der Waals surface area contributed by atoms with E-state index in [0.29, 0.717) is 29.9 Å². The summed E-state index contributed by atoms with van der Waals surface area (Å²) in [6.45, 7) is 10.3. The van der Waals surface area contributed by atoms with Gasteiger partial charge in [0.2, 0.25) is 0 Å². The van der Waals surface area contributed by atoms with E-state index in [2.05, 4.69) is 9.97 Å². The molecule has 0 saturated carbocycles. The molecule has 3 heterocycles. The Morgan fingerprint density at radius 1 is 1.17 bits per heavy atom. The second-order valence-corrected chi connectivity index (χ2v) is 9.16. The van der Waals surface area contributed by atoms with Gasteiger partial charge in [0.05, 0.1) is 10.4 Å². The summed E-state index contributed by atoms with van der Waals surface area (Å²) < 4.78 is 6.87. The third-order valence-electron chi connectivity index (χ3n) is 4.85. The number of nitrogens with zero attached hydrogens (tertiary/aromatic N) is 5. The zero-order valence-corrected chi connectivity index (χ0v) is 18.9. The predicted octanol–water partition coefficient (Wildman–Crippen LogP) is 3.47. The predicted molar refractivity (Wildman–Crippen MR) is 114 cm³/mol. The summed E-state index contributed by atoms with van der Waals surface area (Å²) >= 11 is 12.2. The SMILES string of the molecule is C[C@@H]1CN(c2nc(=O)n(C)c3nc(Cl)c(Cl)cc23)[C@@H](C)CN1C(=O)OC(C)(C)C. The first kappa shape index (κ1) is 21.6. The summed E-state index contributed by atoms with van der Waals surface area (Å²) in [4.78, 5) is 37.3. The minimum atomic E-state index is -0.567. The Kier molecular flexibility index (Phi) is 5.71. The number of piperazine rings is 1. The number of anilines is 1. The van der Waals surface area contributed by atoms with Crippen molar-refractivity contribution in [1.29, 1.82) is 0 Å². The normalized spacial score (nSPS) is 20.3. The highest BCUT2D eigenvalue weighted by atomic mass is 35.5. The number of carbonyl (C=O) groups excluding carboxylic acids is 1. The Balaban J connectivity index is 2.00. The lowest BCUT2D eigenvalue weighted by molar-refractivity contribution is 0.0130. The summed E-state index contributed by atoms with van der Waals surface area (Å²) in [6, 6.07) is 1.43. The standard InChI is InChI=1S/C19H25Cl2N5O3/c1-10-9-26(18(28)29-19(3,4)5)11(2)8-25(10)16-12-7-13(20)14(21)22-15(12)24(6)17(27)23-16/h7,10-11H,8-9H2,1-6H3/t10-,11+/m0/s1. The molecule has 1 amide bonds. The van der Waals surface area contributed by atoms with E-state index in [-0.39, 0.29) is 28.4 Å². The van der Waals surface area contributed by atoms with Crippen LogP contribution >= 0.6 is 23.2 Å². The van der Waals surface area contributed by atoms with Crippen molar-refractivity contribution in [2.45, 2.75) is 52.3 Å². The van der Waals surface area contributed by atoms with Crippen molar-refractivity contribution in [3.05, 3.63) is 26.7 Å². The molecule has 29 heavy (non-hydrogen) atoms. The van der Waals surface area contributed by atoms with Crippen molar-refractivity contribution in [3.63, 3.8) is 0 Å². The highest BCUT2D eigenvalue weighted by molar-refractivity contribution is 6.41. The van der Waals surface area contributed by atoms with Gasteiger partial charge >= 0.3 is 11.8 Å². The lowest BCUT2D eigenvalue weighted by Crippen LogP contribution is -2.59. The number of rotatable bonds is 1. The molecule has 2 aromatic rings. The smallest absolute Gasteiger partial charge is 0.410 e. The first-order valence-electron chi connectivity index (χ1n) is 9.38. The van der Waals surface area contributed by atoms with E-state index in [0.717, 1.165) is 0 Å². The van der Waals surface area contributed by atoms with Gasteiger partial charge in [0.25, 0.3) is 0 Å². The number of hydrogen-bond acceptors (Lipinski definition) is 6. The fourth-order valence-electron chi connectivity index (χ4n) is 3.41. The average molecular weight is 442 g/mol. The summed E-state index contributed by atoms with van der Waals surface area (Å²) in [7, 11) is 1.59. The molecular formula is C19H25Cl2N5O3. The number of hydrogen-bond donors (Lipinski definition) is 0. The van der Waals surface area contributed by atoms with Gasteiger partial charge in [0.1, 0.15) is 22.2 Å². The minimum Gasteiger partial charge on any atom is -0.444 e. The van der Waals surface area contributed by atoms with Crippen molar-refractivity contribution in [1.82, 2.24) is 19.4 Å². The zero-order valence-electron chi connectivity index (χ0n) is 17.4. The monoisotopic (exact) mass is 441 g/mol. The number of carbonyl (C=O) groups is 1. The van der Waals surface area contributed by atoms with Crippen LogP contribution in [0.15, 0.2) is 10.9 Å². The lowest BCUT2D eigenvalue weighted by Gasteiger charge is -2.44. The van der Waals surface area contributed by atoms with Gasteiger partial charge in [0, 0.05) is 32.2 Å². The number of aromatic nitrogens is 3. The number of fused-ring (bicyclic) bond motifs is 1.